The van der Waals surface area contributed by atoms with E-state index in [1.54, 1.807) is 12.1 Å². The summed E-state index contributed by atoms with van der Waals surface area (Å²) in [4.78, 5) is 50.6. The average Bonchev–Trinajstić information content (AvgIpc) is 3.57. The lowest BCUT2D eigenvalue weighted by Gasteiger charge is -2.37. The van der Waals surface area contributed by atoms with Crippen LogP contribution in [-0.4, -0.2) is 22.7 Å². The lowest BCUT2D eigenvalue weighted by molar-refractivity contribution is -0.384. The number of imide groups is 1. The molecule has 1 aliphatic heterocycles. The van der Waals surface area contributed by atoms with Crippen LogP contribution in [0.4, 0.5) is 11.4 Å². The molecular formula is C24H18N2O6. The lowest BCUT2D eigenvalue weighted by atomic mass is 9.63. The van der Waals surface area contributed by atoms with Crippen molar-refractivity contribution in [2.24, 2.45) is 35.5 Å². The first-order valence-electron chi connectivity index (χ1n) is 10.6. The Labute approximate surface area is 182 Å². The van der Waals surface area contributed by atoms with Gasteiger partial charge in [-0.3, -0.25) is 19.7 Å². The van der Waals surface area contributed by atoms with E-state index in [2.05, 4.69) is 12.2 Å². The van der Waals surface area contributed by atoms with Crippen molar-refractivity contribution < 1.29 is 24.0 Å². The van der Waals surface area contributed by atoms with Crippen molar-refractivity contribution >= 4 is 29.2 Å². The molecule has 2 bridgehead atoms. The first-order chi connectivity index (χ1) is 15.4. The highest BCUT2D eigenvalue weighted by molar-refractivity contribution is 6.22. The summed E-state index contributed by atoms with van der Waals surface area (Å²) < 4.78 is 5.38. The van der Waals surface area contributed by atoms with E-state index in [0.29, 0.717) is 17.5 Å². The molecular weight excluding hydrogens is 412 g/mol. The fourth-order valence-corrected chi connectivity index (χ4v) is 5.81. The molecule has 8 nitrogen and oxygen atoms in total. The molecule has 3 fully saturated rings. The van der Waals surface area contributed by atoms with Crippen molar-refractivity contribution in [1.82, 2.24) is 0 Å². The Hall–Kier alpha value is -3.81. The predicted molar refractivity (Wildman–Crippen MR) is 112 cm³/mol. The molecule has 0 radical (unpaired) electrons. The summed E-state index contributed by atoms with van der Waals surface area (Å²) in [5.74, 6) is -0.305. The Morgan fingerprint density at radius 2 is 1.62 bits per heavy atom. The molecule has 0 spiro atoms. The summed E-state index contributed by atoms with van der Waals surface area (Å²) in [7, 11) is 0. The summed E-state index contributed by atoms with van der Waals surface area (Å²) >= 11 is 0. The minimum atomic E-state index is -0.763. The number of ether oxygens (including phenoxy) is 1. The zero-order chi connectivity index (χ0) is 22.1. The number of carbonyl (C=O) groups is 3. The highest BCUT2D eigenvalue weighted by atomic mass is 16.6. The zero-order valence-electron chi connectivity index (χ0n) is 16.8. The smallest absolute Gasteiger partial charge is 0.343 e. The Balaban J connectivity index is 1.26. The number of amides is 2. The number of hydrogen-bond acceptors (Lipinski definition) is 6. The molecule has 4 aliphatic carbocycles. The molecule has 2 aromatic carbocycles. The highest BCUT2D eigenvalue weighted by Crippen LogP contribution is 2.65. The zero-order valence-corrected chi connectivity index (χ0v) is 16.8. The van der Waals surface area contributed by atoms with Gasteiger partial charge in [-0.25, -0.2) is 9.69 Å². The fourth-order valence-electron chi connectivity index (χ4n) is 5.81. The van der Waals surface area contributed by atoms with Gasteiger partial charge in [0.2, 0.25) is 11.8 Å². The third kappa shape index (κ3) is 2.65. The second-order valence-electron chi connectivity index (χ2n) is 8.86. The van der Waals surface area contributed by atoms with Crippen LogP contribution in [0.5, 0.6) is 5.75 Å². The van der Waals surface area contributed by atoms with Crippen molar-refractivity contribution in [3.63, 3.8) is 0 Å². The van der Waals surface area contributed by atoms with Crippen molar-refractivity contribution in [2.75, 3.05) is 4.90 Å². The second-order valence-corrected chi connectivity index (χ2v) is 8.86. The van der Waals surface area contributed by atoms with Crippen LogP contribution >= 0.6 is 0 Å². The maximum absolute atomic E-state index is 13.3. The molecule has 32 heavy (non-hydrogen) atoms. The third-order valence-electron chi connectivity index (χ3n) is 7.24. The molecule has 7 rings (SSSR count). The molecule has 0 N–H and O–H groups in total. The second kappa shape index (κ2) is 6.59. The van der Waals surface area contributed by atoms with E-state index in [4.69, 9.17) is 4.74 Å². The average molecular weight is 430 g/mol. The molecule has 6 atom stereocenters. The van der Waals surface area contributed by atoms with Crippen LogP contribution in [0.1, 0.15) is 16.8 Å². The normalized spacial score (nSPS) is 31.3. The van der Waals surface area contributed by atoms with Gasteiger partial charge >= 0.3 is 5.97 Å². The maximum Gasteiger partial charge on any atom is 0.343 e. The fraction of sp³-hybridized carbons (Fsp3) is 0.292. The number of nitrogens with zero attached hydrogens (tertiary/aromatic N) is 2. The largest absolute Gasteiger partial charge is 0.423 e. The summed E-state index contributed by atoms with van der Waals surface area (Å²) in [6.45, 7) is 0. The van der Waals surface area contributed by atoms with E-state index >= 15 is 0 Å². The molecule has 1 saturated heterocycles. The Morgan fingerprint density at radius 1 is 0.969 bits per heavy atom. The Kier molecular flexibility index (Phi) is 3.90. The molecule has 8 heteroatoms. The van der Waals surface area contributed by atoms with Crippen LogP contribution in [0.2, 0.25) is 0 Å². The van der Waals surface area contributed by atoms with Gasteiger partial charge in [-0.1, -0.05) is 24.3 Å². The highest BCUT2D eigenvalue weighted by Gasteiger charge is 2.67. The summed E-state index contributed by atoms with van der Waals surface area (Å²) in [6, 6.07) is 11.5. The van der Waals surface area contributed by atoms with E-state index in [1.165, 1.54) is 35.2 Å². The molecule has 2 amide bonds. The van der Waals surface area contributed by atoms with Gasteiger partial charge in [-0.05, 0) is 48.3 Å². The number of allylic oxidation sites excluding steroid dienone is 2. The number of hydrogen-bond donors (Lipinski definition) is 0. The van der Waals surface area contributed by atoms with Crippen LogP contribution < -0.4 is 9.64 Å². The van der Waals surface area contributed by atoms with E-state index in [-0.39, 0.29) is 52.5 Å². The van der Waals surface area contributed by atoms with Gasteiger partial charge in [0.25, 0.3) is 5.69 Å². The quantitative estimate of drug-likeness (QED) is 0.184. The van der Waals surface area contributed by atoms with Gasteiger partial charge in [0.15, 0.2) is 0 Å². The van der Waals surface area contributed by atoms with Gasteiger partial charge < -0.3 is 4.74 Å². The van der Waals surface area contributed by atoms with E-state index in [1.807, 2.05) is 0 Å². The van der Waals surface area contributed by atoms with Crippen molar-refractivity contribution in [3.05, 3.63) is 76.4 Å². The van der Waals surface area contributed by atoms with Gasteiger partial charge in [0, 0.05) is 18.2 Å². The maximum atomic E-state index is 13.3. The third-order valence-corrected chi connectivity index (χ3v) is 7.24. The molecule has 5 aliphatic rings. The number of nitro benzene ring substituents is 1. The standard InChI is InChI=1S/C24H18N2O6/c27-22-20-16-7-8-17(19-11-18(16)19)21(20)23(28)25(22)13-4-2-6-15(10-13)32-24(29)12-3-1-5-14(9-12)26(30)31/h1-10,16-21H,11H2/t16-,17-,18-,19+,20-,21+/m0/s1. The number of non-ortho nitro benzene ring substituents is 1. The number of anilines is 1. The van der Waals surface area contributed by atoms with E-state index in [0.717, 1.165) is 12.5 Å². The van der Waals surface area contributed by atoms with Crippen molar-refractivity contribution in [2.45, 2.75) is 6.42 Å². The monoisotopic (exact) mass is 430 g/mol. The van der Waals surface area contributed by atoms with Crippen LogP contribution in [0.15, 0.2) is 60.7 Å². The molecule has 0 unspecified atom stereocenters. The number of nitro groups is 1. The summed E-state index contributed by atoms with van der Waals surface area (Å²) in [5.41, 5.74) is 0.183. The van der Waals surface area contributed by atoms with Crippen LogP contribution in [0.3, 0.4) is 0 Å². The number of esters is 1. The van der Waals surface area contributed by atoms with Gasteiger partial charge in [-0.15, -0.1) is 0 Å². The first kappa shape index (κ1) is 18.9. The molecule has 0 aromatic heterocycles. The van der Waals surface area contributed by atoms with Crippen LogP contribution in [0.25, 0.3) is 0 Å². The first-order valence-corrected chi connectivity index (χ1v) is 10.6. The van der Waals surface area contributed by atoms with Crippen LogP contribution in [0, 0.1) is 45.6 Å². The minimum absolute atomic E-state index is 0.0332. The predicted octanol–water partition coefficient (Wildman–Crippen LogP) is 3.37. The van der Waals surface area contributed by atoms with Gasteiger partial charge in [0.1, 0.15) is 5.75 Å². The van der Waals surface area contributed by atoms with Gasteiger partial charge in [-0.2, -0.15) is 0 Å². The van der Waals surface area contributed by atoms with Crippen LogP contribution in [-0.2, 0) is 9.59 Å². The molecule has 160 valence electrons. The van der Waals surface area contributed by atoms with E-state index < -0.39 is 10.9 Å². The van der Waals surface area contributed by atoms with E-state index in [9.17, 15) is 24.5 Å². The minimum Gasteiger partial charge on any atom is -0.423 e. The summed E-state index contributed by atoms with van der Waals surface area (Å²) in [6.07, 6.45) is 5.33. The molecule has 2 saturated carbocycles. The molecule has 2 aromatic rings. The number of benzene rings is 2. The number of rotatable bonds is 4. The SMILES string of the molecule is O=C(Oc1cccc(N2C(=O)[C@@H]3[C@H]4C=C[C@@H]([C@@H]5C[C@H]45)[C@@H]3C2=O)c1)c1cccc([N+](=O)[O-])c1. The number of carbonyl (C=O) groups excluding carboxylic acids is 3. The van der Waals surface area contributed by atoms with Crippen molar-refractivity contribution in [3.8, 4) is 5.75 Å². The lowest BCUT2D eigenvalue weighted by Crippen LogP contribution is -2.40. The topological polar surface area (TPSA) is 107 Å². The van der Waals surface area contributed by atoms with Gasteiger partial charge in [0.05, 0.1) is 28.0 Å². The summed E-state index contributed by atoms with van der Waals surface area (Å²) in [5, 5.41) is 10.9. The van der Waals surface area contributed by atoms with Crippen molar-refractivity contribution in [1.29, 1.82) is 0 Å². The Morgan fingerprint density at radius 3 is 2.28 bits per heavy atom. The Bertz CT molecular complexity index is 1200. The molecule has 1 heterocycles.